The van der Waals surface area contributed by atoms with E-state index in [2.05, 4.69) is 33.4 Å². The molecule has 0 amide bonds. The molecule has 0 nitrogen and oxygen atoms in total. The quantitative estimate of drug-likeness (QED) is 0.0355. The minimum Gasteiger partial charge on any atom is -0.206 e. The Hall–Kier alpha value is -5.00. The molecule has 0 bridgehead atoms. The molecule has 13 rings (SSSR count). The number of benzene rings is 5. The van der Waals surface area contributed by atoms with Crippen LogP contribution in [0.3, 0.4) is 0 Å². The fourth-order valence-electron chi connectivity index (χ4n) is 21.0. The first-order valence-corrected chi connectivity index (χ1v) is 41.1. The molecule has 0 aliphatic heterocycles. The number of hydrogen-bond donors (Lipinski definition) is 0. The van der Waals surface area contributed by atoms with Crippen LogP contribution < -0.4 is 0 Å². The highest BCUT2D eigenvalue weighted by molar-refractivity contribution is 5.65. The second-order valence-electron chi connectivity index (χ2n) is 33.5. The highest BCUT2D eigenvalue weighted by Gasteiger charge is 2.37. The average molecular weight is 1440 g/mol. The Labute approximate surface area is 610 Å². The summed E-state index contributed by atoms with van der Waals surface area (Å²) in [6.45, 7) is 10.7. The largest absolute Gasteiger partial charge is 0.206 e. The van der Waals surface area contributed by atoms with E-state index in [9.17, 15) is 52.7 Å². The maximum atomic E-state index is 14.8. The molecule has 0 aromatic heterocycles. The summed E-state index contributed by atoms with van der Waals surface area (Å²) in [4.78, 5) is 0. The number of hydrogen-bond acceptors (Lipinski definition) is 0. The first-order valence-electron chi connectivity index (χ1n) is 41.1. The van der Waals surface area contributed by atoms with Crippen molar-refractivity contribution in [3.63, 3.8) is 0 Å². The second-order valence-corrected chi connectivity index (χ2v) is 33.5. The van der Waals surface area contributed by atoms with Gasteiger partial charge in [0, 0.05) is 5.56 Å². The Bertz CT molecular complexity index is 3320. The van der Waals surface area contributed by atoms with Gasteiger partial charge in [0.2, 0.25) is 0 Å². The molecule has 8 saturated carbocycles. The standard InChI is InChI=1S/C27H32F4.C23H33F3.C21H29F3.C20H26F2/c1-2-3-17-4-6-18(7-5-17)19-8-10-20(11-9-19)21-12-13-23(24(28)14-21)22-15-25(29)27(31)26(30)16-22;1-2-3-4-5-16-6-8-17(9-7-16)18-10-12-19(13-11-18)20-14-21(24)23(26)22(25)15-20;1-2-3-14-4-6-15(7-5-14)16-8-10-17(11-9-16)18-12-19(22)21(24)20(23)13-18;1-2-14-3-5-15(6-4-14)16-7-9-17(10-8-16)18-11-12-19(21)20(22)13-18/h12-20H,2-11H2,1H3;14-19H,2-13H2,1H3;12-17H,2-11H2,1H3;2,11-17H,1,3-10H2. The van der Waals surface area contributed by atoms with Crippen LogP contribution in [0.4, 0.5) is 52.7 Å². The second kappa shape index (κ2) is 39.7. The minimum atomic E-state index is -1.53. The lowest BCUT2D eigenvalue weighted by Gasteiger charge is -2.38. The van der Waals surface area contributed by atoms with Crippen LogP contribution in [0.1, 0.15) is 324 Å². The molecule has 0 radical (unpaired) electrons. The Morgan fingerprint density at radius 2 is 0.553 bits per heavy atom. The summed E-state index contributed by atoms with van der Waals surface area (Å²) in [5.74, 6) is -1.74. The van der Waals surface area contributed by atoms with Crippen LogP contribution in [-0.2, 0) is 0 Å². The zero-order valence-corrected chi connectivity index (χ0v) is 62.3. The summed E-state index contributed by atoms with van der Waals surface area (Å²) in [7, 11) is 0. The van der Waals surface area contributed by atoms with Crippen molar-refractivity contribution in [2.75, 3.05) is 0 Å². The molecule has 5 aromatic rings. The number of allylic oxidation sites excluding steroid dienone is 1. The van der Waals surface area contributed by atoms with Gasteiger partial charge in [-0.25, -0.2) is 52.7 Å². The normalized spacial score (nSPS) is 29.8. The van der Waals surface area contributed by atoms with Crippen molar-refractivity contribution in [1.29, 1.82) is 0 Å². The molecular weight excluding hydrogens is 1320 g/mol. The van der Waals surface area contributed by atoms with E-state index in [0.717, 1.165) is 171 Å². The summed E-state index contributed by atoms with van der Waals surface area (Å²) in [6.07, 6.45) is 52.5. The SMILES string of the molecule is C=CC1CCC(C2CCC(c3ccc(F)c(F)c3)CC2)CC1.CCCC1CCC(C2CCC(c3cc(F)c(F)c(F)c3)CC2)CC1.CCCC1CCC(C2CCC(c3ccc(-c4cc(F)c(F)c(F)c4)c(F)c3)CC2)CC1.CCCCCC1CCC(C2CCC(c3cc(F)c(F)c(F)c3)CC2)CC1. The van der Waals surface area contributed by atoms with Crippen molar-refractivity contribution in [3.05, 3.63) is 178 Å². The summed E-state index contributed by atoms with van der Waals surface area (Å²) >= 11 is 0. The molecule has 12 heteroatoms. The van der Waals surface area contributed by atoms with Crippen LogP contribution in [-0.4, -0.2) is 0 Å². The van der Waals surface area contributed by atoms with Gasteiger partial charge in [-0.3, -0.25) is 0 Å². The summed E-state index contributed by atoms with van der Waals surface area (Å²) < 4.78 is 162. The van der Waals surface area contributed by atoms with Crippen LogP contribution in [0, 0.1) is 141 Å². The summed E-state index contributed by atoms with van der Waals surface area (Å²) in [5, 5.41) is 0. The molecule has 8 fully saturated rings. The van der Waals surface area contributed by atoms with Gasteiger partial charge >= 0.3 is 0 Å². The van der Waals surface area contributed by atoms with Crippen LogP contribution in [0.25, 0.3) is 11.1 Å². The topological polar surface area (TPSA) is 0 Å². The van der Waals surface area contributed by atoms with Crippen molar-refractivity contribution < 1.29 is 52.7 Å². The molecule has 5 aromatic carbocycles. The lowest BCUT2D eigenvalue weighted by atomic mass is 9.68. The molecule has 103 heavy (non-hydrogen) atoms. The third-order valence-electron chi connectivity index (χ3n) is 27.3. The molecule has 0 spiro atoms. The number of rotatable bonds is 18. The van der Waals surface area contributed by atoms with Gasteiger partial charge in [0.15, 0.2) is 64.0 Å². The Kier molecular flexibility index (Phi) is 31.1. The smallest absolute Gasteiger partial charge is 0.194 e. The predicted octanol–water partition coefficient (Wildman–Crippen LogP) is 29.8. The molecule has 0 heterocycles. The predicted molar refractivity (Wildman–Crippen MR) is 395 cm³/mol. The molecule has 8 aliphatic carbocycles. The molecular formula is C91H120F12. The summed E-state index contributed by atoms with van der Waals surface area (Å²) in [5.41, 5.74) is 3.32. The Morgan fingerprint density at radius 1 is 0.272 bits per heavy atom. The third kappa shape index (κ3) is 22.3. The van der Waals surface area contributed by atoms with Gasteiger partial charge in [-0.15, -0.1) is 6.58 Å². The van der Waals surface area contributed by atoms with Gasteiger partial charge in [-0.1, -0.05) is 135 Å². The van der Waals surface area contributed by atoms with Crippen molar-refractivity contribution in [2.24, 2.45) is 71.0 Å². The van der Waals surface area contributed by atoms with E-state index in [1.807, 2.05) is 6.07 Å². The highest BCUT2D eigenvalue weighted by atomic mass is 19.2. The molecule has 0 N–H and O–H groups in total. The van der Waals surface area contributed by atoms with Crippen molar-refractivity contribution >= 4 is 0 Å². The summed E-state index contributed by atoms with van der Waals surface area (Å²) in [6, 6.07) is 15.8. The van der Waals surface area contributed by atoms with Gasteiger partial charge in [-0.05, 0) is 344 Å². The molecule has 568 valence electrons. The van der Waals surface area contributed by atoms with Gasteiger partial charge < -0.3 is 0 Å². The lowest BCUT2D eigenvalue weighted by molar-refractivity contribution is 0.155. The van der Waals surface area contributed by atoms with Gasteiger partial charge in [0.1, 0.15) is 5.82 Å². The van der Waals surface area contributed by atoms with E-state index in [-0.39, 0.29) is 23.0 Å². The minimum absolute atomic E-state index is 0.0165. The van der Waals surface area contributed by atoms with Gasteiger partial charge in [0.25, 0.3) is 0 Å². The Balaban J connectivity index is 0.000000149. The fraction of sp³-hybridized carbons (Fsp3) is 0.648. The molecule has 8 aliphatic rings. The van der Waals surface area contributed by atoms with Crippen LogP contribution in [0.2, 0.25) is 0 Å². The average Bonchev–Trinajstić information content (AvgIpc) is 0.739. The third-order valence-corrected chi connectivity index (χ3v) is 27.3. The molecule has 0 atom stereocenters. The maximum absolute atomic E-state index is 14.8. The number of unbranched alkanes of at least 4 members (excludes halogenated alkanes) is 2. The van der Waals surface area contributed by atoms with E-state index in [0.29, 0.717) is 23.0 Å². The molecule has 0 saturated heterocycles. The first kappa shape index (κ1) is 80.5. The van der Waals surface area contributed by atoms with E-state index >= 15 is 0 Å². The number of halogens is 12. The maximum Gasteiger partial charge on any atom is 0.194 e. The lowest BCUT2D eigenvalue weighted by Crippen LogP contribution is -2.25. The zero-order valence-electron chi connectivity index (χ0n) is 62.3. The highest BCUT2D eigenvalue weighted by Crippen LogP contribution is 2.50. The van der Waals surface area contributed by atoms with Crippen molar-refractivity contribution in [2.45, 2.75) is 301 Å². The van der Waals surface area contributed by atoms with E-state index in [4.69, 9.17) is 0 Å². The van der Waals surface area contributed by atoms with Crippen LogP contribution >= 0.6 is 0 Å². The monoisotopic (exact) mass is 1440 g/mol. The van der Waals surface area contributed by atoms with E-state index in [1.54, 1.807) is 12.1 Å². The van der Waals surface area contributed by atoms with Crippen molar-refractivity contribution in [1.82, 2.24) is 0 Å². The fourth-order valence-corrected chi connectivity index (χ4v) is 21.0. The van der Waals surface area contributed by atoms with Gasteiger partial charge in [-0.2, -0.15) is 0 Å². The van der Waals surface area contributed by atoms with Crippen LogP contribution in [0.15, 0.2) is 85.5 Å². The van der Waals surface area contributed by atoms with E-state index in [1.165, 1.54) is 222 Å². The Morgan fingerprint density at radius 3 is 0.864 bits per heavy atom. The van der Waals surface area contributed by atoms with Crippen molar-refractivity contribution in [3.8, 4) is 11.1 Å². The zero-order chi connectivity index (χ0) is 73.1. The van der Waals surface area contributed by atoms with E-state index < -0.39 is 69.8 Å². The van der Waals surface area contributed by atoms with Gasteiger partial charge in [0.05, 0.1) is 0 Å². The first-order chi connectivity index (χ1) is 49.8. The van der Waals surface area contributed by atoms with Crippen LogP contribution in [0.5, 0.6) is 0 Å². The molecule has 0 unspecified atom stereocenters.